The summed E-state index contributed by atoms with van der Waals surface area (Å²) in [6.07, 6.45) is 2.76. The fraction of sp³-hybridized carbons (Fsp3) is 0.500. The van der Waals surface area contributed by atoms with E-state index < -0.39 is 0 Å². The van der Waals surface area contributed by atoms with Crippen molar-refractivity contribution in [2.24, 2.45) is 0 Å². The van der Waals surface area contributed by atoms with Gasteiger partial charge in [-0.25, -0.2) is 0 Å². The first-order chi connectivity index (χ1) is 4.75. The van der Waals surface area contributed by atoms with Crippen molar-refractivity contribution in [1.82, 2.24) is 9.78 Å². The molecule has 1 heterocycles. The fourth-order valence-electron chi connectivity index (χ4n) is 0.715. The molecule has 56 valence electrons. The van der Waals surface area contributed by atoms with Crippen LogP contribution < -0.4 is 0 Å². The zero-order chi connectivity index (χ0) is 7.56. The van der Waals surface area contributed by atoms with Crippen molar-refractivity contribution in [3.63, 3.8) is 0 Å². The van der Waals surface area contributed by atoms with Crippen molar-refractivity contribution < 1.29 is 0 Å². The van der Waals surface area contributed by atoms with Crippen LogP contribution in [0, 0.1) is 0 Å². The summed E-state index contributed by atoms with van der Waals surface area (Å²) in [5, 5.41) is 4.73. The van der Waals surface area contributed by atoms with Crippen LogP contribution >= 0.6 is 27.5 Å². The van der Waals surface area contributed by atoms with Gasteiger partial charge in [0.15, 0.2) is 0 Å². The van der Waals surface area contributed by atoms with E-state index in [0.29, 0.717) is 5.15 Å². The molecule has 0 aromatic carbocycles. The highest BCUT2D eigenvalue weighted by atomic mass is 79.9. The summed E-state index contributed by atoms with van der Waals surface area (Å²) in [5.74, 6) is 0. The average Bonchev–Trinajstić information content (AvgIpc) is 2.20. The highest BCUT2D eigenvalue weighted by Crippen LogP contribution is 2.20. The molecular weight excluding hydrogens is 215 g/mol. The van der Waals surface area contributed by atoms with Crippen LogP contribution in [0.15, 0.2) is 10.7 Å². The lowest BCUT2D eigenvalue weighted by Crippen LogP contribution is -1.97. The summed E-state index contributed by atoms with van der Waals surface area (Å²) < 4.78 is 2.63. The first-order valence-corrected chi connectivity index (χ1v) is 4.29. The quantitative estimate of drug-likeness (QED) is 0.754. The van der Waals surface area contributed by atoms with Crippen LogP contribution in [0.1, 0.15) is 13.3 Å². The Labute approximate surface area is 73.3 Å². The standard InChI is InChI=1S/C6H8BrClN2/c1-2-3-10-6(8)5(7)4-9-10/h4H,2-3H2,1H3. The lowest BCUT2D eigenvalue weighted by Gasteiger charge is -1.97. The van der Waals surface area contributed by atoms with Gasteiger partial charge >= 0.3 is 0 Å². The van der Waals surface area contributed by atoms with Crippen LogP contribution in [-0.2, 0) is 6.54 Å². The first kappa shape index (κ1) is 8.08. The molecule has 0 aliphatic heterocycles. The number of hydrogen-bond donors (Lipinski definition) is 0. The van der Waals surface area contributed by atoms with E-state index in [9.17, 15) is 0 Å². The molecule has 0 N–H and O–H groups in total. The summed E-state index contributed by atoms with van der Waals surface area (Å²) in [5.41, 5.74) is 0. The second-order valence-electron chi connectivity index (χ2n) is 2.01. The molecule has 0 saturated carbocycles. The van der Waals surface area contributed by atoms with Crippen molar-refractivity contribution in [2.45, 2.75) is 19.9 Å². The monoisotopic (exact) mass is 222 g/mol. The Kier molecular flexibility index (Phi) is 2.74. The Balaban J connectivity index is 2.83. The lowest BCUT2D eigenvalue weighted by atomic mass is 10.5. The van der Waals surface area contributed by atoms with Crippen molar-refractivity contribution in [3.05, 3.63) is 15.8 Å². The topological polar surface area (TPSA) is 17.8 Å². The van der Waals surface area contributed by atoms with Crippen molar-refractivity contribution in [1.29, 1.82) is 0 Å². The summed E-state index contributed by atoms with van der Waals surface area (Å²) in [6, 6.07) is 0. The molecule has 10 heavy (non-hydrogen) atoms. The number of nitrogens with zero attached hydrogens (tertiary/aromatic N) is 2. The van der Waals surface area contributed by atoms with Gasteiger partial charge in [-0.05, 0) is 22.4 Å². The average molecular weight is 224 g/mol. The van der Waals surface area contributed by atoms with Gasteiger partial charge in [0.05, 0.1) is 10.7 Å². The number of halogens is 2. The van der Waals surface area contributed by atoms with Gasteiger partial charge in [0.2, 0.25) is 0 Å². The largest absolute Gasteiger partial charge is 0.253 e. The van der Waals surface area contributed by atoms with Gasteiger partial charge in [-0.2, -0.15) is 5.10 Å². The third kappa shape index (κ3) is 1.52. The van der Waals surface area contributed by atoms with Gasteiger partial charge in [-0.1, -0.05) is 18.5 Å². The summed E-state index contributed by atoms with van der Waals surface area (Å²) in [6.45, 7) is 2.97. The smallest absolute Gasteiger partial charge is 0.141 e. The van der Waals surface area contributed by atoms with E-state index in [0.717, 1.165) is 17.4 Å². The van der Waals surface area contributed by atoms with Gasteiger partial charge in [0, 0.05) is 6.54 Å². The van der Waals surface area contributed by atoms with Crippen molar-refractivity contribution in [2.75, 3.05) is 0 Å². The number of hydrogen-bond acceptors (Lipinski definition) is 1. The van der Waals surface area contributed by atoms with Gasteiger partial charge in [0.1, 0.15) is 5.15 Å². The van der Waals surface area contributed by atoms with E-state index in [-0.39, 0.29) is 0 Å². The molecule has 0 aliphatic rings. The second kappa shape index (κ2) is 3.39. The normalized spacial score (nSPS) is 10.3. The molecule has 0 fully saturated rings. The zero-order valence-electron chi connectivity index (χ0n) is 5.64. The second-order valence-corrected chi connectivity index (χ2v) is 3.22. The molecule has 0 spiro atoms. The molecule has 4 heteroatoms. The van der Waals surface area contributed by atoms with E-state index in [2.05, 4.69) is 28.0 Å². The molecule has 0 atom stereocenters. The van der Waals surface area contributed by atoms with Gasteiger partial charge in [-0.3, -0.25) is 4.68 Å². The maximum absolute atomic E-state index is 5.84. The van der Waals surface area contributed by atoms with Crippen LogP contribution in [0.4, 0.5) is 0 Å². The lowest BCUT2D eigenvalue weighted by molar-refractivity contribution is 0.603. The number of aromatic nitrogens is 2. The Morgan fingerprint density at radius 1 is 1.80 bits per heavy atom. The minimum absolute atomic E-state index is 0.682. The minimum Gasteiger partial charge on any atom is -0.253 e. The zero-order valence-corrected chi connectivity index (χ0v) is 7.98. The van der Waals surface area contributed by atoms with E-state index in [4.69, 9.17) is 11.6 Å². The highest BCUT2D eigenvalue weighted by Gasteiger charge is 2.02. The summed E-state index contributed by atoms with van der Waals surface area (Å²) in [4.78, 5) is 0. The Bertz CT molecular complexity index is 222. The molecule has 0 radical (unpaired) electrons. The van der Waals surface area contributed by atoms with Gasteiger partial charge in [0.25, 0.3) is 0 Å². The molecule has 0 aliphatic carbocycles. The van der Waals surface area contributed by atoms with Gasteiger partial charge < -0.3 is 0 Å². The maximum atomic E-state index is 5.84. The number of aryl methyl sites for hydroxylation is 1. The van der Waals surface area contributed by atoms with Crippen LogP contribution in [0.3, 0.4) is 0 Å². The van der Waals surface area contributed by atoms with Crippen molar-refractivity contribution >= 4 is 27.5 Å². The molecule has 0 saturated heterocycles. The minimum atomic E-state index is 0.682. The molecule has 2 nitrogen and oxygen atoms in total. The molecule has 1 aromatic heterocycles. The maximum Gasteiger partial charge on any atom is 0.141 e. The Morgan fingerprint density at radius 3 is 2.90 bits per heavy atom. The summed E-state index contributed by atoms with van der Waals surface area (Å²) >= 11 is 9.11. The van der Waals surface area contributed by atoms with Crippen molar-refractivity contribution in [3.8, 4) is 0 Å². The van der Waals surface area contributed by atoms with E-state index in [1.165, 1.54) is 0 Å². The SMILES string of the molecule is CCCn1ncc(Br)c1Cl. The molecule has 0 bridgehead atoms. The summed E-state index contributed by atoms with van der Waals surface area (Å²) in [7, 11) is 0. The van der Waals surface area contributed by atoms with Crippen LogP contribution in [-0.4, -0.2) is 9.78 Å². The van der Waals surface area contributed by atoms with E-state index in [1.807, 2.05) is 0 Å². The van der Waals surface area contributed by atoms with Crippen LogP contribution in [0.2, 0.25) is 5.15 Å². The third-order valence-electron chi connectivity index (χ3n) is 1.17. The molecule has 1 aromatic rings. The van der Waals surface area contributed by atoms with E-state index >= 15 is 0 Å². The predicted octanol–water partition coefficient (Wildman–Crippen LogP) is 2.71. The first-order valence-electron chi connectivity index (χ1n) is 3.12. The Morgan fingerprint density at radius 2 is 2.50 bits per heavy atom. The molecule has 0 unspecified atom stereocenters. The van der Waals surface area contributed by atoms with Gasteiger partial charge in [-0.15, -0.1) is 0 Å². The third-order valence-corrected chi connectivity index (χ3v) is 2.38. The predicted molar refractivity (Wildman–Crippen MR) is 45.2 cm³/mol. The highest BCUT2D eigenvalue weighted by molar-refractivity contribution is 9.10. The fourth-order valence-corrected chi connectivity index (χ4v) is 1.19. The number of rotatable bonds is 2. The Hall–Kier alpha value is -0.0200. The molecular formula is C6H8BrClN2. The molecule has 0 amide bonds. The molecule has 1 rings (SSSR count). The van der Waals surface area contributed by atoms with Crippen LogP contribution in [0.25, 0.3) is 0 Å². The van der Waals surface area contributed by atoms with E-state index in [1.54, 1.807) is 10.9 Å². The van der Waals surface area contributed by atoms with Crippen LogP contribution in [0.5, 0.6) is 0 Å².